The zero-order chi connectivity index (χ0) is 15.8. The van der Waals surface area contributed by atoms with Gasteiger partial charge in [-0.15, -0.1) is 11.3 Å². The fourth-order valence-electron chi connectivity index (χ4n) is 1.44. The van der Waals surface area contributed by atoms with Crippen LogP contribution in [0.25, 0.3) is 0 Å². The Kier molecular flexibility index (Phi) is 7.01. The number of thiophene rings is 1. The fraction of sp³-hybridized carbons (Fsp3) is 0.571. The number of rotatable bonds is 8. The summed E-state index contributed by atoms with van der Waals surface area (Å²) in [5.74, 6) is -2.78. The van der Waals surface area contributed by atoms with Crippen molar-refractivity contribution in [1.82, 2.24) is 0 Å². The van der Waals surface area contributed by atoms with Gasteiger partial charge in [0.15, 0.2) is 21.3 Å². The maximum Gasteiger partial charge on any atom is 0.352 e. The number of aromatic hydroxyl groups is 2. The van der Waals surface area contributed by atoms with Crippen molar-refractivity contribution in [3.8, 4) is 11.5 Å². The molecule has 7 heteroatoms. The molecule has 0 aliphatic rings. The zero-order valence-electron chi connectivity index (χ0n) is 12.2. The van der Waals surface area contributed by atoms with Gasteiger partial charge in [-0.25, -0.2) is 9.59 Å². The van der Waals surface area contributed by atoms with Gasteiger partial charge in [-0.05, 0) is 12.8 Å². The third-order valence-electron chi connectivity index (χ3n) is 2.69. The van der Waals surface area contributed by atoms with E-state index in [1.54, 1.807) is 0 Å². The molecule has 0 saturated heterocycles. The Bertz CT molecular complexity index is 451. The standard InChI is InChI=1S/C14H20O6S/c1-3-5-7-19-13(17)11-9(15)10(16)12(21-11)14(18)20-8-6-4-2/h15-16H,3-8H2,1-2H3. The molecule has 118 valence electrons. The lowest BCUT2D eigenvalue weighted by Gasteiger charge is -2.01. The van der Waals surface area contributed by atoms with Gasteiger partial charge in [-0.2, -0.15) is 0 Å². The van der Waals surface area contributed by atoms with Gasteiger partial charge < -0.3 is 19.7 Å². The molecule has 0 bridgehead atoms. The van der Waals surface area contributed by atoms with Crippen molar-refractivity contribution in [2.45, 2.75) is 39.5 Å². The van der Waals surface area contributed by atoms with Crippen molar-refractivity contribution >= 4 is 23.3 Å². The molecule has 1 heterocycles. The van der Waals surface area contributed by atoms with E-state index in [1.165, 1.54) is 0 Å². The fourth-order valence-corrected chi connectivity index (χ4v) is 2.32. The van der Waals surface area contributed by atoms with E-state index in [4.69, 9.17) is 9.47 Å². The van der Waals surface area contributed by atoms with E-state index >= 15 is 0 Å². The van der Waals surface area contributed by atoms with Crippen LogP contribution in [0.1, 0.15) is 58.9 Å². The first-order valence-corrected chi connectivity index (χ1v) is 7.73. The summed E-state index contributed by atoms with van der Waals surface area (Å²) in [6, 6.07) is 0. The second-order valence-electron chi connectivity index (χ2n) is 4.44. The molecule has 0 aromatic carbocycles. The van der Waals surface area contributed by atoms with E-state index in [0.29, 0.717) is 24.2 Å². The zero-order valence-corrected chi connectivity index (χ0v) is 13.0. The van der Waals surface area contributed by atoms with Crippen LogP contribution in [-0.4, -0.2) is 35.4 Å². The molecule has 1 aromatic heterocycles. The minimum Gasteiger partial charge on any atom is -0.503 e. The molecule has 0 fully saturated rings. The molecule has 1 aromatic rings. The second-order valence-corrected chi connectivity index (χ2v) is 5.46. The van der Waals surface area contributed by atoms with E-state index < -0.39 is 23.4 Å². The highest BCUT2D eigenvalue weighted by Crippen LogP contribution is 2.41. The largest absolute Gasteiger partial charge is 0.503 e. The molecule has 0 saturated carbocycles. The van der Waals surface area contributed by atoms with Crippen molar-refractivity contribution < 1.29 is 29.3 Å². The van der Waals surface area contributed by atoms with Gasteiger partial charge in [0.05, 0.1) is 13.2 Å². The summed E-state index contributed by atoms with van der Waals surface area (Å²) in [5, 5.41) is 19.4. The SMILES string of the molecule is CCCCOC(=O)c1sc(C(=O)OCCCC)c(O)c1O. The van der Waals surface area contributed by atoms with Gasteiger partial charge >= 0.3 is 11.9 Å². The third-order valence-corrected chi connectivity index (χ3v) is 3.82. The molecular formula is C14H20O6S. The number of carbonyl (C=O) groups is 2. The van der Waals surface area contributed by atoms with E-state index in [-0.39, 0.29) is 23.0 Å². The highest BCUT2D eigenvalue weighted by atomic mass is 32.1. The van der Waals surface area contributed by atoms with Gasteiger partial charge in [-0.3, -0.25) is 0 Å². The third kappa shape index (κ3) is 4.63. The molecule has 2 N–H and O–H groups in total. The van der Waals surface area contributed by atoms with Crippen molar-refractivity contribution in [3.63, 3.8) is 0 Å². The number of hydrogen-bond donors (Lipinski definition) is 2. The summed E-state index contributed by atoms with van der Waals surface area (Å²) in [7, 11) is 0. The highest BCUT2D eigenvalue weighted by Gasteiger charge is 2.27. The Morgan fingerprint density at radius 1 is 0.905 bits per heavy atom. The molecule has 0 atom stereocenters. The highest BCUT2D eigenvalue weighted by molar-refractivity contribution is 7.16. The number of carbonyl (C=O) groups excluding carboxylic acids is 2. The lowest BCUT2D eigenvalue weighted by Crippen LogP contribution is -2.05. The first-order valence-electron chi connectivity index (χ1n) is 6.91. The van der Waals surface area contributed by atoms with Crippen molar-refractivity contribution in [2.24, 2.45) is 0 Å². The van der Waals surface area contributed by atoms with Crippen molar-refractivity contribution in [2.75, 3.05) is 13.2 Å². The summed E-state index contributed by atoms with van der Waals surface area (Å²) in [6.45, 7) is 4.35. The van der Waals surface area contributed by atoms with Crippen LogP contribution in [-0.2, 0) is 9.47 Å². The average molecular weight is 316 g/mol. The maximum absolute atomic E-state index is 11.8. The average Bonchev–Trinajstić information content (AvgIpc) is 2.76. The van der Waals surface area contributed by atoms with E-state index in [9.17, 15) is 19.8 Å². The Morgan fingerprint density at radius 2 is 1.29 bits per heavy atom. The van der Waals surface area contributed by atoms with Crippen LogP contribution < -0.4 is 0 Å². The van der Waals surface area contributed by atoms with Crippen LogP contribution in [0.2, 0.25) is 0 Å². The molecule has 0 spiro atoms. The van der Waals surface area contributed by atoms with Gasteiger partial charge in [0.2, 0.25) is 0 Å². The predicted octanol–water partition coefficient (Wildman–Crippen LogP) is 3.07. The second kappa shape index (κ2) is 8.51. The van der Waals surface area contributed by atoms with Gasteiger partial charge in [0, 0.05) is 0 Å². The van der Waals surface area contributed by atoms with Crippen LogP contribution >= 0.6 is 11.3 Å². The van der Waals surface area contributed by atoms with Crippen LogP contribution in [0.3, 0.4) is 0 Å². The molecule has 6 nitrogen and oxygen atoms in total. The van der Waals surface area contributed by atoms with Gasteiger partial charge in [-0.1, -0.05) is 26.7 Å². The van der Waals surface area contributed by atoms with Crippen LogP contribution in [0.15, 0.2) is 0 Å². The molecule has 0 amide bonds. The van der Waals surface area contributed by atoms with Crippen molar-refractivity contribution in [3.05, 3.63) is 9.75 Å². The quantitative estimate of drug-likeness (QED) is 0.565. The molecule has 0 unspecified atom stereocenters. The smallest absolute Gasteiger partial charge is 0.352 e. The summed E-state index contributed by atoms with van der Waals surface area (Å²) >= 11 is 0.669. The molecule has 21 heavy (non-hydrogen) atoms. The molecule has 1 rings (SSSR count). The van der Waals surface area contributed by atoms with Crippen LogP contribution in [0, 0.1) is 0 Å². The first kappa shape index (κ1) is 17.3. The van der Waals surface area contributed by atoms with E-state index in [1.807, 2.05) is 13.8 Å². The number of unbranched alkanes of at least 4 members (excludes halogenated alkanes) is 2. The molecule has 0 aliphatic heterocycles. The summed E-state index contributed by atoms with van der Waals surface area (Å²) in [5.41, 5.74) is 0. The van der Waals surface area contributed by atoms with Gasteiger partial charge in [0.25, 0.3) is 0 Å². The Morgan fingerprint density at radius 3 is 1.62 bits per heavy atom. The maximum atomic E-state index is 11.8. The number of ether oxygens (including phenoxy) is 2. The molecule has 0 radical (unpaired) electrons. The van der Waals surface area contributed by atoms with Crippen LogP contribution in [0.5, 0.6) is 11.5 Å². The Balaban J connectivity index is 2.78. The van der Waals surface area contributed by atoms with Gasteiger partial charge in [0.1, 0.15) is 0 Å². The minimum atomic E-state index is -0.756. The topological polar surface area (TPSA) is 93.1 Å². The minimum absolute atomic E-state index is 0.189. The molecular weight excluding hydrogens is 296 g/mol. The molecule has 0 aliphatic carbocycles. The van der Waals surface area contributed by atoms with E-state index in [0.717, 1.165) is 12.8 Å². The number of esters is 2. The first-order chi connectivity index (χ1) is 10.0. The summed E-state index contributed by atoms with van der Waals surface area (Å²) in [6.07, 6.45) is 3.14. The lowest BCUT2D eigenvalue weighted by atomic mass is 10.3. The monoisotopic (exact) mass is 316 g/mol. The van der Waals surface area contributed by atoms with E-state index in [2.05, 4.69) is 0 Å². The Hall–Kier alpha value is -1.76. The number of hydrogen-bond acceptors (Lipinski definition) is 7. The predicted molar refractivity (Wildman–Crippen MR) is 78.0 cm³/mol. The lowest BCUT2D eigenvalue weighted by molar-refractivity contribution is 0.0492. The van der Waals surface area contributed by atoms with Crippen molar-refractivity contribution in [1.29, 1.82) is 0 Å². The normalized spacial score (nSPS) is 10.4. The summed E-state index contributed by atoms with van der Waals surface area (Å²) < 4.78 is 9.89. The summed E-state index contributed by atoms with van der Waals surface area (Å²) in [4.78, 5) is 23.1. The van der Waals surface area contributed by atoms with Crippen LogP contribution in [0.4, 0.5) is 0 Å². The Labute approximate surface area is 127 Å².